The van der Waals surface area contributed by atoms with Gasteiger partial charge in [-0.1, -0.05) is 29.3 Å². The fraction of sp³-hybridized carbons (Fsp3) is 0.348. The average Bonchev–Trinajstić information content (AvgIpc) is 3.33. The molecule has 1 aliphatic rings. The third-order valence-electron chi connectivity index (χ3n) is 5.39. The van der Waals surface area contributed by atoms with Crippen molar-refractivity contribution < 1.29 is 9.53 Å². The summed E-state index contributed by atoms with van der Waals surface area (Å²) in [5.41, 5.74) is 3.56. The molecule has 33 heavy (non-hydrogen) atoms. The molecule has 172 valence electrons. The highest BCUT2D eigenvalue weighted by Crippen LogP contribution is 2.50. The van der Waals surface area contributed by atoms with Gasteiger partial charge < -0.3 is 15.0 Å². The minimum atomic E-state index is -0.244. The van der Waals surface area contributed by atoms with E-state index in [2.05, 4.69) is 20.2 Å². The second-order valence-corrected chi connectivity index (χ2v) is 9.54. The number of hydrogen-bond donors (Lipinski definition) is 1. The zero-order valence-electron chi connectivity index (χ0n) is 18.3. The largest absolute Gasteiger partial charge is 0.378 e. The van der Waals surface area contributed by atoms with Crippen LogP contribution in [0.5, 0.6) is 0 Å². The van der Waals surface area contributed by atoms with Crippen LogP contribution in [-0.2, 0) is 11.3 Å². The summed E-state index contributed by atoms with van der Waals surface area (Å²) in [5.74, 6) is -0.244. The lowest BCUT2D eigenvalue weighted by Gasteiger charge is -2.28. The fourth-order valence-corrected chi connectivity index (χ4v) is 5.58. The molecule has 1 saturated heterocycles. The van der Waals surface area contributed by atoms with Crippen molar-refractivity contribution >= 4 is 51.1 Å². The highest BCUT2D eigenvalue weighted by molar-refractivity contribution is 7.19. The van der Waals surface area contributed by atoms with Crippen molar-refractivity contribution in [2.45, 2.75) is 20.4 Å². The molecular formula is C23H23Cl2N5O2S. The Morgan fingerprint density at radius 3 is 2.67 bits per heavy atom. The molecule has 0 atom stereocenters. The van der Waals surface area contributed by atoms with Crippen LogP contribution >= 0.6 is 34.5 Å². The molecule has 0 unspecified atom stereocenters. The standard InChI is InChI=1S/C23H23Cl2N5O2S/c1-14-12-15(2)30(28-14)7-6-27-22(31)21-19(17-5-4-16(24)13-18(17)25)20(26-3)23(33-21)29-8-10-32-11-9-29/h4-5,12-13H,6-11H2,1-2H3,(H,27,31). The molecule has 1 aromatic carbocycles. The molecule has 4 rings (SSSR count). The lowest BCUT2D eigenvalue weighted by atomic mass is 10.0. The molecule has 0 saturated carbocycles. The maximum atomic E-state index is 13.3. The number of hydrogen-bond acceptors (Lipinski definition) is 5. The number of nitrogens with zero attached hydrogens (tertiary/aromatic N) is 4. The zero-order valence-corrected chi connectivity index (χ0v) is 20.6. The van der Waals surface area contributed by atoms with Crippen LogP contribution in [-0.4, -0.2) is 48.5 Å². The van der Waals surface area contributed by atoms with Gasteiger partial charge in [-0.05, 0) is 37.6 Å². The first-order chi connectivity index (χ1) is 15.9. The number of rotatable bonds is 6. The summed E-state index contributed by atoms with van der Waals surface area (Å²) >= 11 is 13.9. The highest BCUT2D eigenvalue weighted by Gasteiger charge is 2.29. The first-order valence-corrected chi connectivity index (χ1v) is 12.1. The number of nitrogens with one attached hydrogen (secondary N) is 1. The topological polar surface area (TPSA) is 63.8 Å². The molecule has 0 aliphatic carbocycles. The minimum absolute atomic E-state index is 0.244. The van der Waals surface area contributed by atoms with Crippen molar-refractivity contribution in [3.63, 3.8) is 0 Å². The molecule has 0 bridgehead atoms. The van der Waals surface area contributed by atoms with Gasteiger partial charge in [-0.2, -0.15) is 5.10 Å². The van der Waals surface area contributed by atoms with Crippen LogP contribution in [0.15, 0.2) is 24.3 Å². The summed E-state index contributed by atoms with van der Waals surface area (Å²) in [6, 6.07) is 7.10. The van der Waals surface area contributed by atoms with Crippen molar-refractivity contribution in [3.8, 4) is 11.1 Å². The summed E-state index contributed by atoms with van der Waals surface area (Å²) in [6.45, 7) is 15.3. The third kappa shape index (κ3) is 5.02. The van der Waals surface area contributed by atoms with E-state index in [1.165, 1.54) is 11.3 Å². The van der Waals surface area contributed by atoms with E-state index >= 15 is 0 Å². The quantitative estimate of drug-likeness (QED) is 0.460. The number of anilines is 1. The van der Waals surface area contributed by atoms with E-state index in [0.717, 1.165) is 16.4 Å². The van der Waals surface area contributed by atoms with E-state index in [9.17, 15) is 4.79 Å². The first-order valence-electron chi connectivity index (χ1n) is 10.5. The predicted octanol–water partition coefficient (Wildman–Crippen LogP) is 5.35. The molecule has 1 aliphatic heterocycles. The van der Waals surface area contributed by atoms with Gasteiger partial charge in [0.1, 0.15) is 0 Å². The van der Waals surface area contributed by atoms with E-state index in [-0.39, 0.29) is 5.91 Å². The lowest BCUT2D eigenvalue weighted by Crippen LogP contribution is -2.35. The number of aryl methyl sites for hydroxylation is 2. The number of halogens is 2. The fourth-order valence-electron chi connectivity index (χ4n) is 3.85. The van der Waals surface area contributed by atoms with Crippen molar-refractivity contribution in [1.29, 1.82) is 0 Å². The summed E-state index contributed by atoms with van der Waals surface area (Å²) in [7, 11) is 0. The predicted molar refractivity (Wildman–Crippen MR) is 133 cm³/mol. The SMILES string of the molecule is [C-]#[N+]c1c(N2CCOCC2)sc(C(=O)NCCn2nc(C)cc2C)c1-c1ccc(Cl)cc1Cl. The van der Waals surface area contributed by atoms with Crippen LogP contribution in [0, 0.1) is 20.4 Å². The second-order valence-electron chi connectivity index (χ2n) is 7.70. The van der Waals surface area contributed by atoms with Gasteiger partial charge >= 0.3 is 0 Å². The number of carbonyl (C=O) groups excluding carboxylic acids is 1. The number of morpholine rings is 1. The first kappa shape index (κ1) is 23.6. The Bertz CT molecular complexity index is 1220. The average molecular weight is 504 g/mol. The van der Waals surface area contributed by atoms with Gasteiger partial charge in [0.25, 0.3) is 5.91 Å². The molecule has 1 N–H and O–H groups in total. The number of benzene rings is 1. The Kier molecular flexibility index (Phi) is 7.25. The summed E-state index contributed by atoms with van der Waals surface area (Å²) in [5, 5.41) is 9.08. The van der Waals surface area contributed by atoms with Crippen molar-refractivity contribution in [3.05, 3.63) is 62.0 Å². The number of aromatic nitrogens is 2. The normalized spacial score (nSPS) is 13.7. The second kappa shape index (κ2) is 10.1. The monoisotopic (exact) mass is 503 g/mol. The molecule has 10 heteroatoms. The van der Waals surface area contributed by atoms with Crippen molar-refractivity contribution in [2.75, 3.05) is 37.7 Å². The molecule has 1 fully saturated rings. The molecule has 0 radical (unpaired) electrons. The molecule has 0 spiro atoms. The number of thiophene rings is 1. The third-order valence-corrected chi connectivity index (χ3v) is 7.18. The smallest absolute Gasteiger partial charge is 0.260 e. The number of carbonyl (C=O) groups is 1. The Morgan fingerprint density at radius 1 is 1.27 bits per heavy atom. The molecule has 1 amide bonds. The maximum Gasteiger partial charge on any atom is 0.260 e. The van der Waals surface area contributed by atoms with Gasteiger partial charge in [0, 0.05) is 40.9 Å². The van der Waals surface area contributed by atoms with Crippen molar-refractivity contribution in [1.82, 2.24) is 15.1 Å². The van der Waals surface area contributed by atoms with Gasteiger partial charge in [-0.3, -0.25) is 9.48 Å². The van der Waals surface area contributed by atoms with Crippen molar-refractivity contribution in [2.24, 2.45) is 0 Å². The summed E-state index contributed by atoms with van der Waals surface area (Å²) in [6.07, 6.45) is 0. The van der Waals surface area contributed by atoms with E-state index in [4.69, 9.17) is 34.5 Å². The Hall–Kier alpha value is -2.57. The molecule has 2 aromatic heterocycles. The summed E-state index contributed by atoms with van der Waals surface area (Å²) < 4.78 is 7.33. The number of ether oxygens (including phenoxy) is 1. The lowest BCUT2D eigenvalue weighted by molar-refractivity contribution is 0.0956. The van der Waals surface area contributed by atoms with Crippen LogP contribution in [0.2, 0.25) is 10.0 Å². The van der Waals surface area contributed by atoms with Crippen LogP contribution < -0.4 is 10.2 Å². The Morgan fingerprint density at radius 2 is 2.03 bits per heavy atom. The van der Waals surface area contributed by atoms with Gasteiger partial charge in [0.05, 0.1) is 41.9 Å². The molecule has 3 heterocycles. The zero-order chi connectivity index (χ0) is 23.5. The number of amides is 1. The van der Waals surface area contributed by atoms with E-state index in [0.29, 0.717) is 71.1 Å². The molecular weight excluding hydrogens is 481 g/mol. The molecule has 7 nitrogen and oxygen atoms in total. The van der Waals surface area contributed by atoms with Crippen LogP contribution in [0.1, 0.15) is 21.1 Å². The maximum absolute atomic E-state index is 13.3. The molecule has 3 aromatic rings. The van der Waals surface area contributed by atoms with Crippen LogP contribution in [0.4, 0.5) is 10.7 Å². The van der Waals surface area contributed by atoms with Gasteiger partial charge in [0.15, 0.2) is 0 Å². The highest BCUT2D eigenvalue weighted by atomic mass is 35.5. The Balaban J connectivity index is 1.69. The Labute approximate surface area is 206 Å². The minimum Gasteiger partial charge on any atom is -0.378 e. The van der Waals surface area contributed by atoms with Crippen LogP contribution in [0.25, 0.3) is 16.0 Å². The van der Waals surface area contributed by atoms with E-state index in [1.807, 2.05) is 24.6 Å². The van der Waals surface area contributed by atoms with E-state index in [1.54, 1.807) is 18.2 Å². The van der Waals surface area contributed by atoms with E-state index < -0.39 is 0 Å². The van der Waals surface area contributed by atoms with Gasteiger partial charge in [0.2, 0.25) is 5.69 Å². The van der Waals surface area contributed by atoms with Crippen LogP contribution in [0.3, 0.4) is 0 Å². The summed E-state index contributed by atoms with van der Waals surface area (Å²) in [4.78, 5) is 19.7. The van der Waals surface area contributed by atoms with Gasteiger partial charge in [-0.25, -0.2) is 4.85 Å². The van der Waals surface area contributed by atoms with Gasteiger partial charge in [-0.15, -0.1) is 11.3 Å².